The molecule has 0 bridgehead atoms. The maximum Gasteiger partial charge on any atom is 0.305 e. The Morgan fingerprint density at radius 1 is 1.44 bits per heavy atom. The monoisotopic (exact) mass is 324 g/mol. The standard InChI is InChI=1S/C6H12O2.Pb/c1-3-5-6(7)8-4-2;/h3-5H2,1-2H3;. The van der Waals surface area contributed by atoms with E-state index in [4.69, 9.17) is 0 Å². The van der Waals surface area contributed by atoms with E-state index in [1.54, 1.807) is 0 Å². The van der Waals surface area contributed by atoms with Crippen molar-refractivity contribution in [2.24, 2.45) is 0 Å². The Kier molecular flexibility index (Phi) is 11.3. The van der Waals surface area contributed by atoms with E-state index in [1.807, 2.05) is 13.8 Å². The summed E-state index contributed by atoms with van der Waals surface area (Å²) in [6.45, 7) is 4.27. The van der Waals surface area contributed by atoms with Crippen LogP contribution in [0.4, 0.5) is 0 Å². The zero-order valence-corrected chi connectivity index (χ0v) is 9.83. The van der Waals surface area contributed by atoms with Crippen molar-refractivity contribution in [3.8, 4) is 0 Å². The van der Waals surface area contributed by atoms with E-state index in [0.29, 0.717) is 13.0 Å². The quantitative estimate of drug-likeness (QED) is 0.571. The second-order valence-electron chi connectivity index (χ2n) is 1.56. The van der Waals surface area contributed by atoms with Crippen LogP contribution in [0.3, 0.4) is 0 Å². The second-order valence-corrected chi connectivity index (χ2v) is 1.56. The minimum Gasteiger partial charge on any atom is -0.466 e. The molecule has 52 valence electrons. The van der Waals surface area contributed by atoms with Crippen molar-refractivity contribution in [2.45, 2.75) is 26.7 Å². The molecule has 0 aliphatic carbocycles. The molecule has 0 fully saturated rings. The van der Waals surface area contributed by atoms with E-state index in [-0.39, 0.29) is 33.3 Å². The Balaban J connectivity index is 0. The van der Waals surface area contributed by atoms with Gasteiger partial charge in [-0.25, -0.2) is 0 Å². The summed E-state index contributed by atoms with van der Waals surface area (Å²) in [7, 11) is 0. The molecular formula is C6H12O2Pb. The molecule has 0 aromatic heterocycles. The van der Waals surface area contributed by atoms with Crippen LogP contribution in [0.2, 0.25) is 0 Å². The molecule has 0 unspecified atom stereocenters. The van der Waals surface area contributed by atoms with Crippen molar-refractivity contribution >= 4 is 33.3 Å². The molecule has 0 spiro atoms. The first-order chi connectivity index (χ1) is 3.81. The maximum atomic E-state index is 10.4. The molecule has 9 heavy (non-hydrogen) atoms. The summed E-state index contributed by atoms with van der Waals surface area (Å²) in [6, 6.07) is 0. The summed E-state index contributed by atoms with van der Waals surface area (Å²) in [6.07, 6.45) is 1.42. The third kappa shape index (κ3) is 8.39. The Labute approximate surface area is 76.1 Å². The summed E-state index contributed by atoms with van der Waals surface area (Å²) < 4.78 is 4.64. The zero-order valence-electron chi connectivity index (χ0n) is 5.94. The van der Waals surface area contributed by atoms with Crippen LogP contribution in [0.1, 0.15) is 26.7 Å². The van der Waals surface area contributed by atoms with Gasteiger partial charge in [0.15, 0.2) is 0 Å². The molecule has 0 saturated carbocycles. The molecule has 4 radical (unpaired) electrons. The van der Waals surface area contributed by atoms with Crippen molar-refractivity contribution in [2.75, 3.05) is 6.61 Å². The molecule has 2 nitrogen and oxygen atoms in total. The van der Waals surface area contributed by atoms with Gasteiger partial charge in [0.2, 0.25) is 0 Å². The fourth-order valence-electron chi connectivity index (χ4n) is 0.437. The van der Waals surface area contributed by atoms with Gasteiger partial charge in [0, 0.05) is 33.7 Å². The van der Waals surface area contributed by atoms with Crippen LogP contribution in [0.25, 0.3) is 0 Å². The molecule has 0 aliphatic rings. The average Bonchev–Trinajstić information content (AvgIpc) is 1.68. The van der Waals surface area contributed by atoms with Gasteiger partial charge in [-0.3, -0.25) is 4.79 Å². The fourth-order valence-corrected chi connectivity index (χ4v) is 0.437. The molecule has 0 amide bonds. The predicted molar refractivity (Wildman–Crippen MR) is 37.3 cm³/mol. The molecule has 0 saturated heterocycles. The van der Waals surface area contributed by atoms with Crippen molar-refractivity contribution in [3.63, 3.8) is 0 Å². The van der Waals surface area contributed by atoms with Crippen molar-refractivity contribution < 1.29 is 9.53 Å². The largest absolute Gasteiger partial charge is 0.466 e. The number of esters is 1. The molecular weight excluding hydrogens is 311 g/mol. The van der Waals surface area contributed by atoms with Crippen LogP contribution in [0.15, 0.2) is 0 Å². The minimum atomic E-state index is -0.0880. The van der Waals surface area contributed by atoms with Gasteiger partial charge in [0.05, 0.1) is 6.61 Å². The maximum absolute atomic E-state index is 10.4. The van der Waals surface area contributed by atoms with E-state index >= 15 is 0 Å². The Morgan fingerprint density at radius 3 is 2.33 bits per heavy atom. The van der Waals surface area contributed by atoms with Crippen molar-refractivity contribution in [3.05, 3.63) is 0 Å². The van der Waals surface area contributed by atoms with Crippen molar-refractivity contribution in [1.29, 1.82) is 0 Å². The van der Waals surface area contributed by atoms with Crippen LogP contribution in [-0.2, 0) is 9.53 Å². The molecule has 3 heteroatoms. The first-order valence-corrected chi connectivity index (χ1v) is 2.96. The van der Waals surface area contributed by atoms with E-state index in [2.05, 4.69) is 4.74 Å². The third-order valence-corrected chi connectivity index (χ3v) is 0.759. The van der Waals surface area contributed by atoms with Gasteiger partial charge in [-0.1, -0.05) is 6.92 Å². The molecule has 0 aromatic rings. The fraction of sp³-hybridized carbons (Fsp3) is 0.833. The summed E-state index contributed by atoms with van der Waals surface area (Å²) in [4.78, 5) is 10.4. The minimum absolute atomic E-state index is 0. The second kappa shape index (κ2) is 8.39. The number of carbonyl (C=O) groups is 1. The van der Waals surface area contributed by atoms with E-state index in [0.717, 1.165) is 6.42 Å². The van der Waals surface area contributed by atoms with Crippen LogP contribution in [0.5, 0.6) is 0 Å². The number of hydrogen-bond acceptors (Lipinski definition) is 2. The topological polar surface area (TPSA) is 26.3 Å². The molecule has 0 atom stereocenters. The van der Waals surface area contributed by atoms with E-state index < -0.39 is 0 Å². The van der Waals surface area contributed by atoms with Gasteiger partial charge >= 0.3 is 5.97 Å². The zero-order chi connectivity index (χ0) is 6.41. The van der Waals surface area contributed by atoms with Crippen LogP contribution in [-0.4, -0.2) is 39.9 Å². The smallest absolute Gasteiger partial charge is 0.305 e. The van der Waals surface area contributed by atoms with Crippen LogP contribution >= 0.6 is 0 Å². The number of ether oxygens (including phenoxy) is 1. The number of carbonyl (C=O) groups excluding carboxylic acids is 1. The van der Waals surface area contributed by atoms with Gasteiger partial charge in [-0.15, -0.1) is 0 Å². The van der Waals surface area contributed by atoms with Gasteiger partial charge < -0.3 is 4.74 Å². The molecule has 0 rings (SSSR count). The van der Waals surface area contributed by atoms with Gasteiger partial charge in [-0.2, -0.15) is 0 Å². The Morgan fingerprint density at radius 2 is 2.00 bits per heavy atom. The summed E-state index contributed by atoms with van der Waals surface area (Å²) in [5.74, 6) is -0.0880. The normalized spacial score (nSPS) is 7.78. The summed E-state index contributed by atoms with van der Waals surface area (Å²) in [5.41, 5.74) is 0. The summed E-state index contributed by atoms with van der Waals surface area (Å²) in [5, 5.41) is 0. The van der Waals surface area contributed by atoms with Crippen LogP contribution < -0.4 is 0 Å². The van der Waals surface area contributed by atoms with Crippen molar-refractivity contribution in [1.82, 2.24) is 0 Å². The van der Waals surface area contributed by atoms with Gasteiger partial charge in [0.25, 0.3) is 0 Å². The number of rotatable bonds is 3. The Hall–Kier alpha value is 0.392. The van der Waals surface area contributed by atoms with E-state index in [9.17, 15) is 4.79 Å². The van der Waals surface area contributed by atoms with Gasteiger partial charge in [-0.05, 0) is 13.3 Å². The Bertz CT molecular complexity index is 65.5. The SMILES string of the molecule is CCCC(=O)OCC.[Pb]. The van der Waals surface area contributed by atoms with Crippen LogP contribution in [0, 0.1) is 0 Å². The molecule has 0 heterocycles. The third-order valence-electron chi connectivity index (χ3n) is 0.759. The van der Waals surface area contributed by atoms with E-state index in [1.165, 1.54) is 0 Å². The summed E-state index contributed by atoms with van der Waals surface area (Å²) >= 11 is 0. The first kappa shape index (κ1) is 12.1. The first-order valence-electron chi connectivity index (χ1n) is 2.96. The molecule has 0 aromatic carbocycles. The predicted octanol–water partition coefficient (Wildman–Crippen LogP) is 0.969. The average molecular weight is 323 g/mol. The molecule has 0 N–H and O–H groups in total. The number of hydrogen-bond donors (Lipinski definition) is 0. The molecule has 0 aliphatic heterocycles. The van der Waals surface area contributed by atoms with Gasteiger partial charge in [0.1, 0.15) is 0 Å².